The molecule has 3 rings (SSSR count). The summed E-state index contributed by atoms with van der Waals surface area (Å²) in [5, 5.41) is 0. The summed E-state index contributed by atoms with van der Waals surface area (Å²) in [4.78, 5) is 14.4. The minimum absolute atomic E-state index is 0.0154. The van der Waals surface area contributed by atoms with Crippen molar-refractivity contribution in [3.8, 4) is 0 Å². The largest absolute Gasteiger partial charge is 0.339 e. The summed E-state index contributed by atoms with van der Waals surface area (Å²) in [5.41, 5.74) is 0.445. The highest BCUT2D eigenvalue weighted by Gasteiger charge is 2.33. The monoisotopic (exact) mass is 316 g/mol. The Kier molecular flexibility index (Phi) is 3.33. The molecule has 0 aromatic carbocycles. The zero-order valence-corrected chi connectivity index (χ0v) is 12.8. The molecule has 2 heterocycles. The van der Waals surface area contributed by atoms with Crippen LogP contribution in [0, 0.1) is 5.92 Å². The lowest BCUT2D eigenvalue weighted by Crippen LogP contribution is -2.30. The second kappa shape index (κ2) is 4.77. The van der Waals surface area contributed by atoms with E-state index in [2.05, 4.69) is 6.92 Å². The van der Waals surface area contributed by atoms with Crippen molar-refractivity contribution in [1.29, 1.82) is 0 Å². The summed E-state index contributed by atoms with van der Waals surface area (Å²) in [7, 11) is 1.59. The molecule has 1 aliphatic heterocycles. The van der Waals surface area contributed by atoms with Gasteiger partial charge in [-0.05, 0) is 31.2 Å². The second-order valence-corrected chi connectivity index (χ2v) is 8.35. The van der Waals surface area contributed by atoms with Gasteiger partial charge in [-0.2, -0.15) is 0 Å². The van der Waals surface area contributed by atoms with Gasteiger partial charge in [0.25, 0.3) is 15.0 Å². The fourth-order valence-electron chi connectivity index (χ4n) is 2.69. The molecule has 7 heteroatoms. The van der Waals surface area contributed by atoms with Crippen molar-refractivity contribution in [3.05, 3.63) is 18.0 Å². The van der Waals surface area contributed by atoms with Gasteiger partial charge in [0, 0.05) is 36.0 Å². The van der Waals surface area contributed by atoms with Gasteiger partial charge in [0.1, 0.15) is 10.6 Å². The average molecular weight is 317 g/mol. The first-order chi connectivity index (χ1) is 9.36. The highest BCUT2D eigenvalue weighted by atomic mass is 35.7. The predicted octanol–water partition coefficient (Wildman–Crippen LogP) is 2.23. The van der Waals surface area contributed by atoms with E-state index in [0.717, 1.165) is 32.4 Å². The number of carbonyl (C=O) groups excluding carboxylic acids is 1. The Labute approximate surface area is 122 Å². The number of likely N-dealkylation sites (tertiary alicyclic amines) is 1. The van der Waals surface area contributed by atoms with Crippen LogP contribution in [0.4, 0.5) is 0 Å². The Balaban J connectivity index is 1.95. The summed E-state index contributed by atoms with van der Waals surface area (Å²) in [6.07, 6.45) is 4.45. The van der Waals surface area contributed by atoms with Gasteiger partial charge in [0.05, 0.1) is 0 Å². The van der Waals surface area contributed by atoms with Crippen LogP contribution < -0.4 is 0 Å². The molecule has 20 heavy (non-hydrogen) atoms. The van der Waals surface area contributed by atoms with E-state index in [1.807, 2.05) is 0 Å². The molecule has 0 bridgehead atoms. The molecule has 1 aliphatic carbocycles. The Bertz CT molecular complexity index is 649. The van der Waals surface area contributed by atoms with E-state index in [9.17, 15) is 13.2 Å². The Morgan fingerprint density at radius 1 is 1.35 bits per heavy atom. The topological polar surface area (TPSA) is 59.4 Å². The van der Waals surface area contributed by atoms with Crippen molar-refractivity contribution in [2.24, 2.45) is 5.92 Å². The van der Waals surface area contributed by atoms with Crippen molar-refractivity contribution in [1.82, 2.24) is 9.47 Å². The number of hydrogen-bond acceptors (Lipinski definition) is 3. The molecule has 1 atom stereocenters. The van der Waals surface area contributed by atoms with E-state index in [4.69, 9.17) is 10.7 Å². The zero-order valence-electron chi connectivity index (χ0n) is 11.3. The quantitative estimate of drug-likeness (QED) is 0.803. The maximum absolute atomic E-state index is 12.6. The molecule has 0 radical (unpaired) electrons. The van der Waals surface area contributed by atoms with Crippen LogP contribution >= 0.6 is 10.7 Å². The van der Waals surface area contributed by atoms with Gasteiger partial charge < -0.3 is 9.47 Å². The number of nitrogens with zero attached hydrogens (tertiary/aromatic N) is 2. The molecule has 0 spiro atoms. The first-order valence-corrected chi connectivity index (χ1v) is 9.13. The standard InChI is InChI=1S/C13H17ClN2O3S/c1-9-4-5-15(7-9)13(17)12-6-11(20(14,18)19)8-16(12)10-2-3-10/h6,8-10H,2-5,7H2,1H3. The Morgan fingerprint density at radius 2 is 2.05 bits per heavy atom. The first-order valence-electron chi connectivity index (χ1n) is 6.82. The molecule has 1 saturated carbocycles. The maximum Gasteiger partial charge on any atom is 0.270 e. The van der Waals surface area contributed by atoms with Gasteiger partial charge in [-0.3, -0.25) is 4.79 Å². The van der Waals surface area contributed by atoms with Crippen molar-refractivity contribution in [2.45, 2.75) is 37.1 Å². The van der Waals surface area contributed by atoms with Crippen LogP contribution in [0.15, 0.2) is 17.2 Å². The van der Waals surface area contributed by atoms with Crippen LogP contribution in [0.25, 0.3) is 0 Å². The molecule has 1 amide bonds. The minimum Gasteiger partial charge on any atom is -0.339 e. The molecule has 2 aliphatic rings. The van der Waals surface area contributed by atoms with E-state index in [1.54, 1.807) is 9.47 Å². The smallest absolute Gasteiger partial charge is 0.270 e. The van der Waals surface area contributed by atoms with Crippen LogP contribution in [0.5, 0.6) is 0 Å². The van der Waals surface area contributed by atoms with Gasteiger partial charge in [0.2, 0.25) is 0 Å². The molecule has 5 nitrogen and oxygen atoms in total. The summed E-state index contributed by atoms with van der Waals surface area (Å²) in [6, 6.07) is 1.65. The fraction of sp³-hybridized carbons (Fsp3) is 0.615. The fourth-order valence-corrected chi connectivity index (χ4v) is 3.44. The van der Waals surface area contributed by atoms with Crippen LogP contribution in [-0.4, -0.2) is 36.9 Å². The number of amides is 1. The van der Waals surface area contributed by atoms with Crippen LogP contribution in [0.3, 0.4) is 0 Å². The molecule has 110 valence electrons. The number of hydrogen-bond donors (Lipinski definition) is 0. The summed E-state index contributed by atoms with van der Waals surface area (Å²) < 4.78 is 24.7. The molecule has 1 aromatic rings. The summed E-state index contributed by atoms with van der Waals surface area (Å²) >= 11 is 0. The van der Waals surface area contributed by atoms with Crippen molar-refractivity contribution in [2.75, 3.05) is 13.1 Å². The van der Waals surface area contributed by atoms with E-state index < -0.39 is 9.05 Å². The van der Waals surface area contributed by atoms with Crippen molar-refractivity contribution in [3.63, 3.8) is 0 Å². The highest BCUT2D eigenvalue weighted by molar-refractivity contribution is 8.13. The van der Waals surface area contributed by atoms with Crippen molar-refractivity contribution < 1.29 is 13.2 Å². The second-order valence-electron chi connectivity index (χ2n) is 5.78. The first kappa shape index (κ1) is 13.9. The number of rotatable bonds is 3. The molecule has 2 fully saturated rings. The molecule has 1 saturated heterocycles. The normalized spacial score (nSPS) is 23.3. The predicted molar refractivity (Wildman–Crippen MR) is 75.4 cm³/mol. The Morgan fingerprint density at radius 3 is 2.55 bits per heavy atom. The zero-order chi connectivity index (χ0) is 14.5. The molecular formula is C13H17ClN2O3S. The highest BCUT2D eigenvalue weighted by Crippen LogP contribution is 2.38. The maximum atomic E-state index is 12.6. The third-order valence-corrected chi connectivity index (χ3v) is 5.30. The lowest BCUT2D eigenvalue weighted by molar-refractivity contribution is 0.0777. The van der Waals surface area contributed by atoms with Gasteiger partial charge in [0.15, 0.2) is 0 Å². The van der Waals surface area contributed by atoms with Gasteiger partial charge in [-0.25, -0.2) is 8.42 Å². The average Bonchev–Trinajstić information content (AvgIpc) is 2.95. The Hall–Kier alpha value is -1.01. The lowest BCUT2D eigenvalue weighted by atomic mass is 10.2. The summed E-state index contributed by atoms with van der Waals surface area (Å²) in [6.45, 7) is 3.58. The van der Waals surface area contributed by atoms with E-state index >= 15 is 0 Å². The molecular weight excluding hydrogens is 300 g/mol. The van der Waals surface area contributed by atoms with E-state index in [-0.39, 0.29) is 16.8 Å². The number of carbonyl (C=O) groups is 1. The minimum atomic E-state index is -3.80. The van der Waals surface area contributed by atoms with E-state index in [1.165, 1.54) is 12.3 Å². The van der Waals surface area contributed by atoms with Crippen LogP contribution in [0.2, 0.25) is 0 Å². The SMILES string of the molecule is CC1CCN(C(=O)c2cc(S(=O)(=O)Cl)cn2C2CC2)C1. The lowest BCUT2D eigenvalue weighted by Gasteiger charge is -2.17. The van der Waals surface area contributed by atoms with Crippen LogP contribution in [0.1, 0.15) is 42.7 Å². The van der Waals surface area contributed by atoms with Gasteiger partial charge >= 0.3 is 0 Å². The van der Waals surface area contributed by atoms with E-state index in [0.29, 0.717) is 11.6 Å². The summed E-state index contributed by atoms with van der Waals surface area (Å²) in [5.74, 6) is 0.410. The molecule has 1 unspecified atom stereocenters. The van der Waals surface area contributed by atoms with Crippen LogP contribution in [-0.2, 0) is 9.05 Å². The number of halogens is 1. The molecule has 1 aromatic heterocycles. The molecule has 0 N–H and O–H groups in total. The van der Waals surface area contributed by atoms with Crippen molar-refractivity contribution >= 4 is 25.6 Å². The number of aromatic nitrogens is 1. The third-order valence-electron chi connectivity index (χ3n) is 3.98. The van der Waals surface area contributed by atoms with Gasteiger partial charge in [-0.1, -0.05) is 6.92 Å². The van der Waals surface area contributed by atoms with Gasteiger partial charge in [-0.15, -0.1) is 0 Å². The third kappa shape index (κ3) is 2.59.